The van der Waals surface area contributed by atoms with Crippen LogP contribution in [0.5, 0.6) is 23.0 Å². The third-order valence-electron chi connectivity index (χ3n) is 6.16. The maximum atomic E-state index is 11.4. The fourth-order valence-corrected chi connectivity index (χ4v) is 4.45. The number of fused-ring (bicyclic) bond motifs is 1. The van der Waals surface area contributed by atoms with E-state index >= 15 is 0 Å². The summed E-state index contributed by atoms with van der Waals surface area (Å²) in [5, 5.41) is 11.4. The van der Waals surface area contributed by atoms with E-state index in [2.05, 4.69) is 0 Å². The second-order valence-electron chi connectivity index (χ2n) is 7.56. The number of hydrogen-bond donors (Lipinski definition) is 1. The van der Waals surface area contributed by atoms with Crippen molar-refractivity contribution in [2.45, 2.75) is 31.5 Å². The Morgan fingerprint density at radius 1 is 0.759 bits per heavy atom. The molecule has 2 aromatic carbocycles. The van der Waals surface area contributed by atoms with Gasteiger partial charge in [-0.15, -0.1) is 0 Å². The Balaban J connectivity index is 2.27. The highest BCUT2D eigenvalue weighted by Gasteiger charge is 2.49. The summed E-state index contributed by atoms with van der Waals surface area (Å²) in [6, 6.07) is 9.73. The zero-order chi connectivity index (χ0) is 21.3. The fraction of sp³-hybridized carbons (Fsp3) is 0.478. The molecule has 0 heterocycles. The lowest BCUT2D eigenvalue weighted by molar-refractivity contribution is -0.126. The van der Waals surface area contributed by atoms with Gasteiger partial charge in [0, 0.05) is 13.0 Å². The number of ether oxygens (including phenoxy) is 5. The van der Waals surface area contributed by atoms with Gasteiger partial charge in [-0.25, -0.2) is 0 Å². The molecule has 29 heavy (non-hydrogen) atoms. The number of benzene rings is 2. The molecule has 6 nitrogen and oxygen atoms in total. The lowest BCUT2D eigenvalue weighted by atomic mass is 9.64. The maximum absolute atomic E-state index is 11.4. The van der Waals surface area contributed by atoms with Crippen molar-refractivity contribution in [2.24, 2.45) is 5.92 Å². The van der Waals surface area contributed by atoms with Crippen molar-refractivity contribution in [3.8, 4) is 23.0 Å². The first-order valence-corrected chi connectivity index (χ1v) is 9.56. The molecule has 0 bridgehead atoms. The van der Waals surface area contributed by atoms with Crippen LogP contribution in [0.3, 0.4) is 0 Å². The quantitative estimate of drug-likeness (QED) is 0.790. The van der Waals surface area contributed by atoms with E-state index in [4.69, 9.17) is 23.7 Å². The summed E-state index contributed by atoms with van der Waals surface area (Å²) in [7, 11) is 8.06. The molecule has 1 aliphatic carbocycles. The Hall–Kier alpha value is -2.44. The van der Waals surface area contributed by atoms with Crippen molar-refractivity contribution in [1.82, 2.24) is 0 Å². The average molecular weight is 402 g/mol. The summed E-state index contributed by atoms with van der Waals surface area (Å²) in [5.74, 6) is 2.30. The largest absolute Gasteiger partial charge is 0.493 e. The molecule has 0 saturated carbocycles. The van der Waals surface area contributed by atoms with E-state index in [1.165, 1.54) is 0 Å². The molecule has 0 aromatic heterocycles. The molecule has 0 saturated heterocycles. The molecule has 2 aromatic rings. The Morgan fingerprint density at radius 3 is 1.79 bits per heavy atom. The summed E-state index contributed by atoms with van der Waals surface area (Å²) in [5.41, 5.74) is 1.83. The van der Waals surface area contributed by atoms with Crippen LogP contribution in [0.2, 0.25) is 0 Å². The van der Waals surface area contributed by atoms with Crippen LogP contribution in [0, 0.1) is 5.92 Å². The first-order chi connectivity index (χ1) is 13.8. The van der Waals surface area contributed by atoms with Crippen molar-refractivity contribution in [3.05, 3.63) is 47.0 Å². The van der Waals surface area contributed by atoms with Crippen LogP contribution < -0.4 is 18.9 Å². The van der Waals surface area contributed by atoms with Crippen LogP contribution >= 0.6 is 0 Å². The van der Waals surface area contributed by atoms with Gasteiger partial charge in [-0.3, -0.25) is 0 Å². The van der Waals surface area contributed by atoms with Crippen molar-refractivity contribution >= 4 is 0 Å². The Kier molecular flexibility index (Phi) is 5.96. The first-order valence-electron chi connectivity index (χ1n) is 9.56. The number of rotatable bonds is 6. The highest BCUT2D eigenvalue weighted by Crippen LogP contribution is 2.54. The van der Waals surface area contributed by atoms with E-state index in [0.29, 0.717) is 23.0 Å². The molecular formula is C23H30O6. The summed E-state index contributed by atoms with van der Waals surface area (Å²) < 4.78 is 27.7. The van der Waals surface area contributed by atoms with E-state index in [1.807, 2.05) is 44.2 Å². The highest BCUT2D eigenvalue weighted by atomic mass is 16.5. The van der Waals surface area contributed by atoms with Gasteiger partial charge in [-0.1, -0.05) is 13.0 Å². The van der Waals surface area contributed by atoms with E-state index in [-0.39, 0.29) is 11.8 Å². The van der Waals surface area contributed by atoms with E-state index in [0.717, 1.165) is 16.7 Å². The standard InChI is InChI=1S/C23H30O6/c1-13-21(14-8-9-17(25-3)18(10-14)26-4)15-11-19(27-5)20(28-6)12-16(15)22(29-7)23(13,2)24/h8-13,21-22,24H,1-7H3. The van der Waals surface area contributed by atoms with Crippen molar-refractivity contribution < 1.29 is 28.8 Å². The van der Waals surface area contributed by atoms with Gasteiger partial charge in [0.2, 0.25) is 0 Å². The van der Waals surface area contributed by atoms with Crippen LogP contribution in [0.4, 0.5) is 0 Å². The lowest BCUT2D eigenvalue weighted by Crippen LogP contribution is -2.47. The first kappa shape index (κ1) is 21.3. The van der Waals surface area contributed by atoms with Gasteiger partial charge < -0.3 is 28.8 Å². The summed E-state index contributed by atoms with van der Waals surface area (Å²) >= 11 is 0. The van der Waals surface area contributed by atoms with Crippen LogP contribution in [0.1, 0.15) is 42.6 Å². The third-order valence-corrected chi connectivity index (χ3v) is 6.16. The molecule has 4 atom stereocenters. The van der Waals surface area contributed by atoms with Gasteiger partial charge in [-0.05, 0) is 53.8 Å². The van der Waals surface area contributed by atoms with Gasteiger partial charge >= 0.3 is 0 Å². The molecule has 0 fully saturated rings. The maximum Gasteiger partial charge on any atom is 0.161 e. The molecule has 6 heteroatoms. The minimum atomic E-state index is -1.10. The van der Waals surface area contributed by atoms with Crippen molar-refractivity contribution in [2.75, 3.05) is 35.5 Å². The van der Waals surface area contributed by atoms with Gasteiger partial charge in [0.15, 0.2) is 23.0 Å². The van der Waals surface area contributed by atoms with Crippen LogP contribution in [0.15, 0.2) is 30.3 Å². The number of aliphatic hydroxyl groups is 1. The fourth-order valence-electron chi connectivity index (χ4n) is 4.45. The molecule has 4 unspecified atom stereocenters. The Morgan fingerprint density at radius 2 is 1.28 bits per heavy atom. The normalized spacial score (nSPS) is 25.9. The average Bonchev–Trinajstić information content (AvgIpc) is 2.73. The SMILES string of the molecule is COc1ccc(C2c3cc(OC)c(OC)cc3C(OC)C(C)(O)C2C)cc1OC. The molecule has 1 aliphatic rings. The smallest absolute Gasteiger partial charge is 0.161 e. The molecule has 158 valence electrons. The molecule has 0 aliphatic heterocycles. The van der Waals surface area contributed by atoms with Gasteiger partial charge in [0.1, 0.15) is 6.10 Å². The molecule has 0 spiro atoms. The molecule has 0 radical (unpaired) electrons. The minimum absolute atomic E-state index is 0.106. The topological polar surface area (TPSA) is 66.4 Å². The van der Waals surface area contributed by atoms with E-state index in [1.54, 1.807) is 35.5 Å². The Labute approximate surface area is 172 Å². The molecule has 3 rings (SSSR count). The van der Waals surface area contributed by atoms with Crippen molar-refractivity contribution in [3.63, 3.8) is 0 Å². The minimum Gasteiger partial charge on any atom is -0.493 e. The van der Waals surface area contributed by atoms with Crippen molar-refractivity contribution in [1.29, 1.82) is 0 Å². The van der Waals surface area contributed by atoms with Crippen LogP contribution in [0.25, 0.3) is 0 Å². The van der Waals surface area contributed by atoms with Gasteiger partial charge in [0.25, 0.3) is 0 Å². The predicted octanol–water partition coefficient (Wildman–Crippen LogP) is 3.94. The summed E-state index contributed by atoms with van der Waals surface area (Å²) in [4.78, 5) is 0. The summed E-state index contributed by atoms with van der Waals surface area (Å²) in [6.45, 7) is 3.85. The van der Waals surface area contributed by atoms with E-state index < -0.39 is 11.7 Å². The third kappa shape index (κ3) is 3.40. The molecule has 0 amide bonds. The number of hydrogen-bond acceptors (Lipinski definition) is 6. The van der Waals surface area contributed by atoms with Crippen LogP contribution in [-0.4, -0.2) is 46.3 Å². The predicted molar refractivity (Wildman–Crippen MR) is 110 cm³/mol. The second kappa shape index (κ2) is 8.13. The van der Waals surface area contributed by atoms with Gasteiger partial charge in [-0.2, -0.15) is 0 Å². The summed E-state index contributed by atoms with van der Waals surface area (Å²) in [6.07, 6.45) is -0.497. The molecular weight excluding hydrogens is 372 g/mol. The van der Waals surface area contributed by atoms with Gasteiger partial charge in [0.05, 0.1) is 34.0 Å². The highest BCUT2D eigenvalue weighted by molar-refractivity contribution is 5.55. The second-order valence-corrected chi connectivity index (χ2v) is 7.56. The lowest BCUT2D eigenvalue weighted by Gasteiger charge is -2.47. The zero-order valence-corrected chi connectivity index (χ0v) is 18.1. The zero-order valence-electron chi connectivity index (χ0n) is 18.1. The van der Waals surface area contributed by atoms with E-state index in [9.17, 15) is 5.11 Å². The Bertz CT molecular complexity index is 876. The molecule has 1 N–H and O–H groups in total. The number of methoxy groups -OCH3 is 5. The van der Waals surface area contributed by atoms with Crippen LogP contribution in [-0.2, 0) is 4.74 Å². The monoisotopic (exact) mass is 402 g/mol.